The molecule has 0 unspecified atom stereocenters. The number of nitrogens with zero attached hydrogens (tertiary/aromatic N) is 3. The fourth-order valence-electron chi connectivity index (χ4n) is 4.76. The number of alkyl carbamates (subject to hydrolysis) is 1. The lowest BCUT2D eigenvalue weighted by Gasteiger charge is -2.40. The Morgan fingerprint density at radius 2 is 1.79 bits per heavy atom. The number of hydrogen-bond acceptors (Lipinski definition) is 7. The molecule has 0 saturated carbocycles. The molecule has 1 atom stereocenters. The van der Waals surface area contributed by atoms with Crippen molar-refractivity contribution in [3.63, 3.8) is 0 Å². The van der Waals surface area contributed by atoms with E-state index in [1.54, 1.807) is 6.92 Å². The molecule has 0 aromatic carbocycles. The summed E-state index contributed by atoms with van der Waals surface area (Å²) in [5.74, 6) is -0.520. The van der Waals surface area contributed by atoms with Gasteiger partial charge in [-0.05, 0) is 56.6 Å². The number of nitrogens with one attached hydrogen (secondary N) is 1. The highest BCUT2D eigenvalue weighted by molar-refractivity contribution is 5.83. The zero-order chi connectivity index (χ0) is 24.4. The summed E-state index contributed by atoms with van der Waals surface area (Å²) in [5, 5.41) is 2.57. The average Bonchev–Trinajstić information content (AvgIpc) is 3.26. The van der Waals surface area contributed by atoms with E-state index in [1.807, 2.05) is 36.4 Å². The van der Waals surface area contributed by atoms with E-state index in [0.717, 1.165) is 58.3 Å². The number of aromatic nitrogens is 1. The highest BCUT2D eigenvalue weighted by Gasteiger charge is 2.42. The SMILES string of the molecule is CCCCOC(=O)N[C@@H](CCC(=O)N1CCC2(CCN(c3ccncc3)CC2)C1)C(=O)OCC. The molecule has 1 aromatic rings. The first-order chi connectivity index (χ1) is 16.5. The number of anilines is 1. The van der Waals surface area contributed by atoms with E-state index in [4.69, 9.17) is 9.47 Å². The Morgan fingerprint density at radius 1 is 1.09 bits per heavy atom. The van der Waals surface area contributed by atoms with Crippen molar-refractivity contribution in [2.45, 2.75) is 64.8 Å². The second-order valence-electron chi connectivity index (χ2n) is 9.23. The van der Waals surface area contributed by atoms with E-state index >= 15 is 0 Å². The fraction of sp³-hybridized carbons (Fsp3) is 0.680. The Hall–Kier alpha value is -2.84. The topological polar surface area (TPSA) is 101 Å². The maximum atomic E-state index is 13.0. The van der Waals surface area contributed by atoms with Crippen LogP contribution in [0.3, 0.4) is 0 Å². The van der Waals surface area contributed by atoms with Gasteiger partial charge in [0.1, 0.15) is 6.04 Å². The lowest BCUT2D eigenvalue weighted by molar-refractivity contribution is -0.145. The molecule has 3 rings (SSSR count). The number of esters is 1. The van der Waals surface area contributed by atoms with Gasteiger partial charge < -0.3 is 24.6 Å². The third-order valence-corrected chi connectivity index (χ3v) is 6.88. The summed E-state index contributed by atoms with van der Waals surface area (Å²) in [4.78, 5) is 45.7. The van der Waals surface area contributed by atoms with Crippen LogP contribution in [0.5, 0.6) is 0 Å². The lowest BCUT2D eigenvalue weighted by Crippen LogP contribution is -2.44. The van der Waals surface area contributed by atoms with E-state index in [-0.39, 0.29) is 30.8 Å². The number of rotatable bonds is 10. The van der Waals surface area contributed by atoms with Crippen LogP contribution < -0.4 is 10.2 Å². The molecule has 34 heavy (non-hydrogen) atoms. The molecule has 1 aromatic heterocycles. The molecule has 1 spiro atoms. The molecular formula is C25H38N4O5. The van der Waals surface area contributed by atoms with E-state index in [9.17, 15) is 14.4 Å². The smallest absolute Gasteiger partial charge is 0.407 e. The summed E-state index contributed by atoms with van der Waals surface area (Å²) in [6.45, 7) is 7.66. The second kappa shape index (κ2) is 12.6. The minimum Gasteiger partial charge on any atom is -0.464 e. The number of carbonyl (C=O) groups excluding carboxylic acids is 3. The Balaban J connectivity index is 1.47. The molecule has 2 amide bonds. The number of unbranched alkanes of at least 4 members (excludes halogenated alkanes) is 1. The number of pyridine rings is 1. The standard InChI is InChI=1S/C25H38N4O5/c1-3-5-18-34-24(32)27-21(23(31)33-4-2)6-7-22(30)29-17-12-25(19-29)10-15-28(16-11-25)20-8-13-26-14-9-20/h8-9,13-14,21H,3-7,10-12,15-19H2,1-2H3,(H,27,32)/t21-/m0/s1. The van der Waals surface area contributed by atoms with Gasteiger partial charge in [-0.15, -0.1) is 0 Å². The number of piperidine rings is 1. The van der Waals surface area contributed by atoms with Gasteiger partial charge in [-0.2, -0.15) is 0 Å². The predicted molar refractivity (Wildman–Crippen MR) is 128 cm³/mol. The van der Waals surface area contributed by atoms with E-state index in [1.165, 1.54) is 5.69 Å². The van der Waals surface area contributed by atoms with Gasteiger partial charge in [0.25, 0.3) is 0 Å². The van der Waals surface area contributed by atoms with E-state index in [2.05, 4.69) is 15.2 Å². The first kappa shape index (κ1) is 25.8. The second-order valence-corrected chi connectivity index (χ2v) is 9.23. The van der Waals surface area contributed by atoms with Crippen molar-refractivity contribution in [1.29, 1.82) is 0 Å². The van der Waals surface area contributed by atoms with Crippen LogP contribution in [0.15, 0.2) is 24.5 Å². The van der Waals surface area contributed by atoms with E-state index < -0.39 is 18.1 Å². The molecule has 3 heterocycles. The number of likely N-dealkylation sites (tertiary alicyclic amines) is 1. The predicted octanol–water partition coefficient (Wildman–Crippen LogP) is 3.14. The van der Waals surface area contributed by atoms with Crippen LogP contribution in [0.4, 0.5) is 10.5 Å². The summed E-state index contributed by atoms with van der Waals surface area (Å²) in [7, 11) is 0. The van der Waals surface area contributed by atoms with Gasteiger partial charge in [-0.1, -0.05) is 13.3 Å². The molecule has 188 valence electrons. The Morgan fingerprint density at radius 3 is 2.47 bits per heavy atom. The molecule has 2 fully saturated rings. The van der Waals surface area contributed by atoms with Gasteiger partial charge in [0.15, 0.2) is 0 Å². The van der Waals surface area contributed by atoms with Crippen molar-refractivity contribution >= 4 is 23.7 Å². The average molecular weight is 475 g/mol. The van der Waals surface area contributed by atoms with Crippen molar-refractivity contribution in [2.24, 2.45) is 5.41 Å². The maximum absolute atomic E-state index is 13.0. The molecule has 0 bridgehead atoms. The third-order valence-electron chi connectivity index (χ3n) is 6.88. The first-order valence-electron chi connectivity index (χ1n) is 12.5. The summed E-state index contributed by atoms with van der Waals surface area (Å²) >= 11 is 0. The molecule has 1 N–H and O–H groups in total. The summed E-state index contributed by atoms with van der Waals surface area (Å²) in [5.41, 5.74) is 1.36. The van der Waals surface area contributed by atoms with Crippen LogP contribution >= 0.6 is 0 Å². The zero-order valence-electron chi connectivity index (χ0n) is 20.5. The van der Waals surface area contributed by atoms with Crippen LogP contribution in [0, 0.1) is 5.41 Å². The minimum absolute atomic E-state index is 0.0175. The monoisotopic (exact) mass is 474 g/mol. The molecule has 0 radical (unpaired) electrons. The van der Waals surface area contributed by atoms with Crippen molar-refractivity contribution in [1.82, 2.24) is 15.2 Å². The molecule has 2 aliphatic heterocycles. The van der Waals surface area contributed by atoms with Gasteiger partial charge >= 0.3 is 12.1 Å². The number of carbonyl (C=O) groups is 3. The number of ether oxygens (including phenoxy) is 2. The van der Waals surface area contributed by atoms with Crippen LogP contribution in [0.1, 0.15) is 58.8 Å². The molecule has 2 saturated heterocycles. The van der Waals surface area contributed by atoms with Gasteiger partial charge in [-0.25, -0.2) is 9.59 Å². The van der Waals surface area contributed by atoms with Crippen molar-refractivity contribution in [3.05, 3.63) is 24.5 Å². The Labute approximate surface area is 202 Å². The van der Waals surface area contributed by atoms with Gasteiger partial charge in [-0.3, -0.25) is 9.78 Å². The first-order valence-corrected chi connectivity index (χ1v) is 12.5. The number of hydrogen-bond donors (Lipinski definition) is 1. The molecule has 0 aliphatic carbocycles. The molecule has 2 aliphatic rings. The van der Waals surface area contributed by atoms with Gasteiger partial charge in [0.05, 0.1) is 13.2 Å². The Bertz CT molecular complexity index is 811. The quantitative estimate of drug-likeness (QED) is 0.411. The minimum atomic E-state index is -0.891. The van der Waals surface area contributed by atoms with E-state index in [0.29, 0.717) is 6.61 Å². The van der Waals surface area contributed by atoms with Crippen LogP contribution in [0.2, 0.25) is 0 Å². The normalized spacial score (nSPS) is 17.9. The Kier molecular flexibility index (Phi) is 9.53. The fourth-order valence-corrected chi connectivity index (χ4v) is 4.76. The molecule has 9 heteroatoms. The van der Waals surface area contributed by atoms with Crippen molar-refractivity contribution in [2.75, 3.05) is 44.3 Å². The largest absolute Gasteiger partial charge is 0.464 e. The summed E-state index contributed by atoms with van der Waals surface area (Å²) < 4.78 is 10.2. The molecular weight excluding hydrogens is 436 g/mol. The van der Waals surface area contributed by atoms with Crippen LogP contribution in [0.25, 0.3) is 0 Å². The lowest BCUT2D eigenvalue weighted by atomic mass is 9.77. The summed E-state index contributed by atoms with van der Waals surface area (Å²) in [6.07, 6.45) is 8.13. The van der Waals surface area contributed by atoms with Gasteiger partial charge in [0.2, 0.25) is 5.91 Å². The highest BCUT2D eigenvalue weighted by Crippen LogP contribution is 2.41. The van der Waals surface area contributed by atoms with Crippen molar-refractivity contribution in [3.8, 4) is 0 Å². The summed E-state index contributed by atoms with van der Waals surface area (Å²) in [6, 6.07) is 3.18. The highest BCUT2D eigenvalue weighted by atomic mass is 16.6. The maximum Gasteiger partial charge on any atom is 0.407 e. The van der Waals surface area contributed by atoms with Crippen LogP contribution in [-0.2, 0) is 19.1 Å². The molecule has 9 nitrogen and oxygen atoms in total. The van der Waals surface area contributed by atoms with Crippen LogP contribution in [-0.4, -0.2) is 73.3 Å². The van der Waals surface area contributed by atoms with Gasteiger partial charge in [0, 0.05) is 50.7 Å². The zero-order valence-corrected chi connectivity index (χ0v) is 20.5. The third kappa shape index (κ3) is 7.08. The number of amides is 2. The van der Waals surface area contributed by atoms with Crippen molar-refractivity contribution < 1.29 is 23.9 Å².